The van der Waals surface area contributed by atoms with Gasteiger partial charge in [0.25, 0.3) is 0 Å². The second-order valence-corrected chi connectivity index (χ2v) is 6.81. The summed E-state index contributed by atoms with van der Waals surface area (Å²) in [6, 6.07) is 10.7. The van der Waals surface area contributed by atoms with Crippen molar-refractivity contribution in [2.45, 2.75) is 44.6 Å². The van der Waals surface area contributed by atoms with Crippen molar-refractivity contribution in [3.8, 4) is 0 Å². The Bertz CT molecular complexity index is 381. The van der Waals surface area contributed by atoms with Gasteiger partial charge in [-0.15, -0.1) is 0 Å². The van der Waals surface area contributed by atoms with Gasteiger partial charge in [-0.25, -0.2) is 0 Å². The molecule has 0 aliphatic heterocycles. The molecule has 3 rings (SSSR count). The molecule has 20 heavy (non-hydrogen) atoms. The van der Waals surface area contributed by atoms with Crippen molar-refractivity contribution in [3.05, 3.63) is 35.9 Å². The summed E-state index contributed by atoms with van der Waals surface area (Å²) >= 11 is 0. The number of hydrogen-bond donors (Lipinski definition) is 1. The Morgan fingerprint density at radius 2 is 1.60 bits per heavy atom. The van der Waals surface area contributed by atoms with Gasteiger partial charge in [-0.05, 0) is 62.5 Å². The van der Waals surface area contributed by atoms with Crippen LogP contribution in [0.1, 0.15) is 50.1 Å². The van der Waals surface area contributed by atoms with Gasteiger partial charge in [0.05, 0.1) is 0 Å². The summed E-state index contributed by atoms with van der Waals surface area (Å²) in [5, 5.41) is 0. The average Bonchev–Trinajstić information content (AvgIpc) is 3.36. The van der Waals surface area contributed by atoms with E-state index < -0.39 is 0 Å². The number of rotatable bonds is 9. The maximum Gasteiger partial charge on any atom is 0.0295 e. The van der Waals surface area contributed by atoms with Crippen molar-refractivity contribution >= 4 is 0 Å². The standard InChI is InChI=1S/C18H28N2/c19-18(17-5-2-1-3-6-17)7-4-12-20(13-15-8-9-15)14-16-10-11-16/h1-3,5-6,15-16,18H,4,7-14,19H2. The molecule has 0 saturated heterocycles. The molecule has 110 valence electrons. The van der Waals surface area contributed by atoms with E-state index in [1.165, 1.54) is 57.3 Å². The fourth-order valence-electron chi connectivity index (χ4n) is 2.99. The second-order valence-electron chi connectivity index (χ2n) is 6.81. The average molecular weight is 272 g/mol. The Morgan fingerprint density at radius 1 is 1.00 bits per heavy atom. The third kappa shape index (κ3) is 4.60. The van der Waals surface area contributed by atoms with Crippen LogP contribution >= 0.6 is 0 Å². The molecule has 2 N–H and O–H groups in total. The van der Waals surface area contributed by atoms with Crippen molar-refractivity contribution in [2.75, 3.05) is 19.6 Å². The quantitative estimate of drug-likeness (QED) is 0.744. The minimum absolute atomic E-state index is 0.208. The van der Waals surface area contributed by atoms with Gasteiger partial charge in [-0.3, -0.25) is 0 Å². The van der Waals surface area contributed by atoms with Crippen LogP contribution in [0, 0.1) is 11.8 Å². The number of benzene rings is 1. The first-order valence-corrected chi connectivity index (χ1v) is 8.34. The van der Waals surface area contributed by atoms with Crippen LogP contribution in [-0.2, 0) is 0 Å². The molecule has 0 heterocycles. The highest BCUT2D eigenvalue weighted by Gasteiger charge is 2.28. The molecule has 0 radical (unpaired) electrons. The number of nitrogens with zero attached hydrogens (tertiary/aromatic N) is 1. The molecule has 1 unspecified atom stereocenters. The SMILES string of the molecule is NC(CCCN(CC1CC1)CC1CC1)c1ccccc1. The summed E-state index contributed by atoms with van der Waals surface area (Å²) in [6.07, 6.45) is 8.19. The Morgan fingerprint density at radius 3 is 2.15 bits per heavy atom. The third-order valence-electron chi connectivity index (χ3n) is 4.64. The monoisotopic (exact) mass is 272 g/mol. The Hall–Kier alpha value is -0.860. The van der Waals surface area contributed by atoms with Crippen LogP contribution in [0.4, 0.5) is 0 Å². The normalized spacial score (nSPS) is 20.3. The minimum Gasteiger partial charge on any atom is -0.324 e. The van der Waals surface area contributed by atoms with Gasteiger partial charge < -0.3 is 10.6 Å². The zero-order chi connectivity index (χ0) is 13.8. The highest BCUT2D eigenvalue weighted by molar-refractivity contribution is 5.18. The molecule has 1 aromatic carbocycles. The van der Waals surface area contributed by atoms with Gasteiger partial charge >= 0.3 is 0 Å². The van der Waals surface area contributed by atoms with E-state index in [0.717, 1.165) is 18.3 Å². The summed E-state index contributed by atoms with van der Waals surface area (Å²) in [6.45, 7) is 3.93. The van der Waals surface area contributed by atoms with Crippen LogP contribution in [0.3, 0.4) is 0 Å². The van der Waals surface area contributed by atoms with E-state index in [0.29, 0.717) is 0 Å². The van der Waals surface area contributed by atoms with Gasteiger partial charge in [0, 0.05) is 19.1 Å². The highest BCUT2D eigenvalue weighted by atomic mass is 15.1. The molecule has 0 bridgehead atoms. The third-order valence-corrected chi connectivity index (χ3v) is 4.64. The first-order valence-electron chi connectivity index (χ1n) is 8.34. The van der Waals surface area contributed by atoms with Gasteiger partial charge in [0.1, 0.15) is 0 Å². The molecule has 2 saturated carbocycles. The lowest BCUT2D eigenvalue weighted by atomic mass is 10.0. The summed E-state index contributed by atoms with van der Waals surface area (Å²) in [5.74, 6) is 2.02. The Kier molecular flexibility index (Phi) is 4.74. The van der Waals surface area contributed by atoms with Crippen LogP contribution < -0.4 is 5.73 Å². The van der Waals surface area contributed by atoms with E-state index in [2.05, 4.69) is 35.2 Å². The molecular formula is C18H28N2. The van der Waals surface area contributed by atoms with Crippen molar-refractivity contribution < 1.29 is 0 Å². The molecule has 0 aromatic heterocycles. The van der Waals surface area contributed by atoms with Crippen LogP contribution in [0.15, 0.2) is 30.3 Å². The summed E-state index contributed by atoms with van der Waals surface area (Å²) in [7, 11) is 0. The van der Waals surface area contributed by atoms with Crippen LogP contribution in [-0.4, -0.2) is 24.5 Å². The van der Waals surface area contributed by atoms with E-state index >= 15 is 0 Å². The van der Waals surface area contributed by atoms with E-state index in [4.69, 9.17) is 5.73 Å². The molecule has 2 fully saturated rings. The lowest BCUT2D eigenvalue weighted by Gasteiger charge is -2.23. The lowest BCUT2D eigenvalue weighted by molar-refractivity contribution is 0.245. The molecule has 0 amide bonds. The Labute approximate surface area is 123 Å². The largest absolute Gasteiger partial charge is 0.324 e. The van der Waals surface area contributed by atoms with Crippen LogP contribution in [0.5, 0.6) is 0 Å². The molecule has 2 aliphatic rings. The molecule has 2 heteroatoms. The molecule has 2 nitrogen and oxygen atoms in total. The fourth-order valence-corrected chi connectivity index (χ4v) is 2.99. The van der Waals surface area contributed by atoms with Gasteiger partial charge in [-0.2, -0.15) is 0 Å². The van der Waals surface area contributed by atoms with Crippen molar-refractivity contribution in [2.24, 2.45) is 17.6 Å². The molecule has 1 aromatic rings. The Balaban J connectivity index is 1.39. The molecule has 1 atom stereocenters. The zero-order valence-electron chi connectivity index (χ0n) is 12.5. The van der Waals surface area contributed by atoms with E-state index in [-0.39, 0.29) is 6.04 Å². The van der Waals surface area contributed by atoms with E-state index in [1.807, 2.05) is 0 Å². The summed E-state index contributed by atoms with van der Waals surface area (Å²) in [5.41, 5.74) is 7.57. The summed E-state index contributed by atoms with van der Waals surface area (Å²) in [4.78, 5) is 2.72. The first kappa shape index (κ1) is 14.1. The van der Waals surface area contributed by atoms with Gasteiger partial charge in [-0.1, -0.05) is 30.3 Å². The second kappa shape index (κ2) is 6.73. The predicted octanol–water partition coefficient (Wildman–Crippen LogP) is 3.59. The van der Waals surface area contributed by atoms with Crippen LogP contribution in [0.2, 0.25) is 0 Å². The summed E-state index contributed by atoms with van der Waals surface area (Å²) < 4.78 is 0. The lowest BCUT2D eigenvalue weighted by Crippen LogP contribution is -2.30. The predicted molar refractivity (Wildman–Crippen MR) is 84.5 cm³/mol. The van der Waals surface area contributed by atoms with Gasteiger partial charge in [0.15, 0.2) is 0 Å². The fraction of sp³-hybridized carbons (Fsp3) is 0.667. The smallest absolute Gasteiger partial charge is 0.0295 e. The minimum atomic E-state index is 0.208. The number of hydrogen-bond acceptors (Lipinski definition) is 2. The zero-order valence-corrected chi connectivity index (χ0v) is 12.5. The number of nitrogens with two attached hydrogens (primary N) is 1. The molecular weight excluding hydrogens is 244 g/mol. The van der Waals surface area contributed by atoms with Crippen LogP contribution in [0.25, 0.3) is 0 Å². The van der Waals surface area contributed by atoms with E-state index in [9.17, 15) is 0 Å². The van der Waals surface area contributed by atoms with Crippen molar-refractivity contribution in [1.82, 2.24) is 4.90 Å². The topological polar surface area (TPSA) is 29.3 Å². The molecule has 2 aliphatic carbocycles. The maximum absolute atomic E-state index is 6.29. The molecule has 0 spiro atoms. The maximum atomic E-state index is 6.29. The van der Waals surface area contributed by atoms with Crippen molar-refractivity contribution in [3.63, 3.8) is 0 Å². The van der Waals surface area contributed by atoms with Crippen molar-refractivity contribution in [1.29, 1.82) is 0 Å². The first-order chi connectivity index (χ1) is 9.81. The van der Waals surface area contributed by atoms with E-state index in [1.54, 1.807) is 0 Å². The highest BCUT2D eigenvalue weighted by Crippen LogP contribution is 2.33. The van der Waals surface area contributed by atoms with Gasteiger partial charge in [0.2, 0.25) is 0 Å².